The van der Waals surface area contributed by atoms with Gasteiger partial charge in [-0.2, -0.15) is 26.9 Å². The molecule has 11 heteroatoms. The van der Waals surface area contributed by atoms with Crippen molar-refractivity contribution in [2.24, 2.45) is 4.99 Å². The monoisotopic (exact) mass is 454 g/mol. The number of hydrogen-bond donors (Lipinski definition) is 3. The molecule has 7 nitrogen and oxygen atoms in total. The highest BCUT2D eigenvalue weighted by molar-refractivity contribution is 8.07. The Balaban J connectivity index is 2.51. The Labute approximate surface area is 177 Å². The van der Waals surface area contributed by atoms with Crippen LogP contribution in [0, 0.1) is 18.3 Å². The van der Waals surface area contributed by atoms with Crippen molar-refractivity contribution in [3.8, 4) is 6.07 Å². The Morgan fingerprint density at radius 2 is 1.97 bits per heavy atom. The lowest BCUT2D eigenvalue weighted by atomic mass is 9.99. The Morgan fingerprint density at radius 3 is 2.48 bits per heavy atom. The van der Waals surface area contributed by atoms with E-state index in [4.69, 9.17) is 0 Å². The lowest BCUT2D eigenvalue weighted by Crippen LogP contribution is -2.24. The van der Waals surface area contributed by atoms with Crippen LogP contribution in [0.15, 0.2) is 47.2 Å². The highest BCUT2D eigenvalue weighted by Crippen LogP contribution is 2.31. The van der Waals surface area contributed by atoms with Gasteiger partial charge in [0, 0.05) is 11.6 Å². The van der Waals surface area contributed by atoms with Gasteiger partial charge in [-0.3, -0.25) is 4.72 Å². The number of benzene rings is 1. The zero-order chi connectivity index (χ0) is 23.8. The van der Waals surface area contributed by atoms with Crippen LogP contribution in [0.1, 0.15) is 31.9 Å². The van der Waals surface area contributed by atoms with Crippen molar-refractivity contribution in [1.29, 1.82) is 5.26 Å². The van der Waals surface area contributed by atoms with E-state index in [1.54, 1.807) is 13.0 Å². The van der Waals surface area contributed by atoms with Crippen LogP contribution >= 0.6 is 0 Å². The summed E-state index contributed by atoms with van der Waals surface area (Å²) >= 11 is 0. The fourth-order valence-electron chi connectivity index (χ4n) is 2.56. The van der Waals surface area contributed by atoms with Gasteiger partial charge in [0.25, 0.3) is 10.0 Å². The van der Waals surface area contributed by atoms with E-state index in [9.17, 15) is 32.0 Å². The molecule has 2 rings (SSSR count). The van der Waals surface area contributed by atoms with Crippen molar-refractivity contribution >= 4 is 31.7 Å². The van der Waals surface area contributed by atoms with Crippen LogP contribution in [0.4, 0.5) is 18.9 Å². The number of aliphatic hydroxyl groups is 1. The molecule has 0 unspecified atom stereocenters. The minimum atomic E-state index is -4.98. The van der Waals surface area contributed by atoms with Crippen molar-refractivity contribution in [3.63, 3.8) is 0 Å². The smallest absolute Gasteiger partial charge is 0.386 e. The third kappa shape index (κ3) is 5.34. The number of H-pyrrole nitrogens is 1. The van der Waals surface area contributed by atoms with Gasteiger partial charge in [0.05, 0.1) is 22.4 Å². The van der Waals surface area contributed by atoms with E-state index in [-0.39, 0.29) is 11.3 Å². The van der Waals surface area contributed by atoms with Gasteiger partial charge in [-0.15, -0.1) is 0 Å². The van der Waals surface area contributed by atoms with Crippen molar-refractivity contribution in [3.05, 3.63) is 53.4 Å². The van der Waals surface area contributed by atoms with E-state index in [2.05, 4.69) is 21.3 Å². The summed E-state index contributed by atoms with van der Waals surface area (Å²) in [4.78, 5) is 6.05. The van der Waals surface area contributed by atoms with E-state index in [0.717, 1.165) is 6.92 Å². The summed E-state index contributed by atoms with van der Waals surface area (Å²) in [7, 11) is -4.48. The maximum absolute atomic E-state index is 13.4. The number of hydrogen-bond acceptors (Lipinski definition) is 5. The van der Waals surface area contributed by atoms with Crippen LogP contribution in [0.3, 0.4) is 0 Å². The molecule has 2 aromatic rings. The second-order valence-electron chi connectivity index (χ2n) is 7.34. The molecular formula is C20H21F3N4O3S. The summed E-state index contributed by atoms with van der Waals surface area (Å²) < 4.78 is 67.7. The van der Waals surface area contributed by atoms with E-state index >= 15 is 0 Å². The molecule has 1 aromatic carbocycles. The zero-order valence-electron chi connectivity index (χ0n) is 17.2. The summed E-state index contributed by atoms with van der Waals surface area (Å²) in [5.74, 6) is 0. The summed E-state index contributed by atoms with van der Waals surface area (Å²) in [6.45, 7) is 8.50. The number of allylic oxidation sites excluding steroid dienone is 1. The van der Waals surface area contributed by atoms with Gasteiger partial charge in [0.1, 0.15) is 16.8 Å². The van der Waals surface area contributed by atoms with Gasteiger partial charge in [-0.05, 0) is 51.0 Å². The molecule has 0 atom stereocenters. The fourth-order valence-corrected chi connectivity index (χ4v) is 3.39. The number of fused-ring (bicyclic) bond motifs is 1. The van der Waals surface area contributed by atoms with Gasteiger partial charge in [0.2, 0.25) is 0 Å². The zero-order valence-corrected chi connectivity index (χ0v) is 18.0. The highest BCUT2D eigenvalue weighted by atomic mass is 32.2. The number of nitrogens with one attached hydrogen (secondary N) is 2. The molecule has 166 valence electrons. The standard InChI is InChI=1S/C20H21F3N4O3S/c1-11-6-7-15(18-17(11)14(9-24)10-25-18)27-31(29,30)13(3)26-16(20(21,22)23)8-12(2)19(4,5)28/h6-8,10,25,27-28H,2H2,1,3-5H3/b16-8-,26-13+. The summed E-state index contributed by atoms with van der Waals surface area (Å²) in [6.07, 6.45) is -3.08. The Hall–Kier alpha value is -3.10. The number of rotatable bonds is 5. The molecule has 0 spiro atoms. The van der Waals surface area contributed by atoms with Crippen LogP contribution in [-0.4, -0.2) is 35.3 Å². The first kappa shape index (κ1) is 24.2. The van der Waals surface area contributed by atoms with Crippen molar-refractivity contribution in [2.75, 3.05) is 4.72 Å². The lowest BCUT2D eigenvalue weighted by Gasteiger charge is -2.19. The van der Waals surface area contributed by atoms with Crippen LogP contribution in [-0.2, 0) is 10.0 Å². The quantitative estimate of drug-likeness (QED) is 0.355. The van der Waals surface area contributed by atoms with Crippen LogP contribution in [0.25, 0.3) is 10.9 Å². The molecule has 31 heavy (non-hydrogen) atoms. The number of sulfonamides is 1. The average molecular weight is 454 g/mol. The van der Waals surface area contributed by atoms with Crippen molar-refractivity contribution in [2.45, 2.75) is 39.5 Å². The minimum absolute atomic E-state index is 0.0510. The molecule has 0 saturated heterocycles. The second-order valence-corrected chi connectivity index (χ2v) is 9.14. The minimum Gasteiger partial charge on any atom is -0.386 e. The molecule has 3 N–H and O–H groups in total. The maximum atomic E-state index is 13.4. The second kappa shape index (κ2) is 8.20. The van der Waals surface area contributed by atoms with Gasteiger partial charge in [-0.1, -0.05) is 12.6 Å². The molecule has 0 bridgehead atoms. The lowest BCUT2D eigenvalue weighted by molar-refractivity contribution is -0.0924. The van der Waals surface area contributed by atoms with Crippen molar-refractivity contribution in [1.82, 2.24) is 4.98 Å². The van der Waals surface area contributed by atoms with Crippen molar-refractivity contribution < 1.29 is 26.7 Å². The fraction of sp³-hybridized carbons (Fsp3) is 0.300. The molecule has 1 aromatic heterocycles. The Kier molecular flexibility index (Phi) is 6.40. The number of aliphatic imine (C=N–C) groups is 1. The number of aromatic nitrogens is 1. The van der Waals surface area contributed by atoms with Crippen LogP contribution < -0.4 is 4.72 Å². The predicted molar refractivity (Wildman–Crippen MR) is 113 cm³/mol. The summed E-state index contributed by atoms with van der Waals surface area (Å²) in [5.41, 5.74) is -2.10. The molecule has 0 amide bonds. The number of alkyl halides is 3. The first-order valence-corrected chi connectivity index (χ1v) is 10.4. The SMILES string of the molecule is C=C(/C=C(\N=C(/C)S(=O)(=O)Nc1ccc(C)c2c(C#N)c[nH]c12)C(F)(F)F)C(C)(C)O. The molecule has 0 aliphatic carbocycles. The first-order chi connectivity index (χ1) is 14.1. The summed E-state index contributed by atoms with van der Waals surface area (Å²) in [5, 5.41) is 18.7. The molecule has 0 aliphatic heterocycles. The number of aryl methyl sites for hydroxylation is 1. The van der Waals surface area contributed by atoms with E-state index in [1.807, 2.05) is 6.07 Å². The topological polar surface area (TPSA) is 118 Å². The normalized spacial score (nSPS) is 13.9. The Bertz CT molecular complexity index is 1240. The number of aromatic amines is 1. The van der Waals surface area contributed by atoms with Crippen LogP contribution in [0.2, 0.25) is 0 Å². The van der Waals surface area contributed by atoms with Gasteiger partial charge < -0.3 is 10.1 Å². The van der Waals surface area contributed by atoms with E-state index in [0.29, 0.717) is 28.1 Å². The third-order valence-electron chi connectivity index (χ3n) is 4.46. The van der Waals surface area contributed by atoms with Gasteiger partial charge in [-0.25, -0.2) is 4.99 Å². The first-order valence-electron chi connectivity index (χ1n) is 8.87. The van der Waals surface area contributed by atoms with Crippen LogP contribution in [0.5, 0.6) is 0 Å². The molecule has 0 radical (unpaired) electrons. The Morgan fingerprint density at radius 1 is 1.35 bits per heavy atom. The summed E-state index contributed by atoms with van der Waals surface area (Å²) in [6, 6.07) is 4.99. The van der Waals surface area contributed by atoms with E-state index in [1.165, 1.54) is 26.1 Å². The predicted octanol–water partition coefficient (Wildman–Crippen LogP) is 4.28. The average Bonchev–Trinajstić information content (AvgIpc) is 3.07. The molecular weight excluding hydrogens is 433 g/mol. The number of anilines is 1. The molecule has 0 fully saturated rings. The maximum Gasteiger partial charge on any atom is 0.433 e. The van der Waals surface area contributed by atoms with E-state index < -0.39 is 32.5 Å². The third-order valence-corrected chi connectivity index (χ3v) is 5.82. The largest absolute Gasteiger partial charge is 0.433 e. The highest BCUT2D eigenvalue weighted by Gasteiger charge is 2.36. The molecule has 0 aliphatic rings. The van der Waals surface area contributed by atoms with Gasteiger partial charge >= 0.3 is 6.18 Å². The van der Waals surface area contributed by atoms with Gasteiger partial charge in [0.15, 0.2) is 0 Å². The molecule has 0 saturated carbocycles. The number of nitrogens with zero attached hydrogens (tertiary/aromatic N) is 2. The molecule has 1 heterocycles. The number of nitriles is 1. The number of halogens is 3.